The number of pyridine rings is 1. The first-order valence-electron chi connectivity index (χ1n) is 5.36. The number of nitrogens with zero attached hydrogens (tertiary/aromatic N) is 1. The lowest BCUT2D eigenvalue weighted by molar-refractivity contribution is 0.272. The summed E-state index contributed by atoms with van der Waals surface area (Å²) < 4.78 is 19.0. The first-order valence-corrected chi connectivity index (χ1v) is 5.36. The van der Waals surface area contributed by atoms with Crippen LogP contribution in [0.4, 0.5) is 4.39 Å². The zero-order valence-corrected chi connectivity index (χ0v) is 9.51. The zero-order valence-electron chi connectivity index (χ0n) is 9.51. The maximum atomic E-state index is 13.7. The van der Waals surface area contributed by atoms with Gasteiger partial charge in [-0.05, 0) is 23.8 Å². The number of aromatic nitrogens is 1. The normalized spacial score (nSPS) is 10.4. The maximum Gasteiger partial charge on any atom is 0.256 e. The molecule has 94 valence electrons. The molecule has 2 aromatic rings. The zero-order chi connectivity index (χ0) is 13.0. The second kappa shape index (κ2) is 5.57. The molecule has 5 heteroatoms. The van der Waals surface area contributed by atoms with Gasteiger partial charge >= 0.3 is 0 Å². The summed E-state index contributed by atoms with van der Waals surface area (Å²) in [4.78, 5) is 3.77. The Bertz CT molecular complexity index is 528. The number of halogens is 1. The summed E-state index contributed by atoms with van der Waals surface area (Å²) in [6.07, 6.45) is 1.37. The lowest BCUT2D eigenvalue weighted by atomic mass is 10.2. The molecule has 0 aliphatic carbocycles. The highest BCUT2D eigenvalue weighted by Gasteiger charge is 2.10. The van der Waals surface area contributed by atoms with Crippen molar-refractivity contribution < 1.29 is 19.3 Å². The first-order chi connectivity index (χ1) is 8.74. The largest absolute Gasteiger partial charge is 0.436 e. The van der Waals surface area contributed by atoms with Crippen LogP contribution in [0.5, 0.6) is 11.6 Å². The van der Waals surface area contributed by atoms with E-state index in [1.165, 1.54) is 12.3 Å². The Morgan fingerprint density at radius 3 is 2.39 bits per heavy atom. The second-order valence-corrected chi connectivity index (χ2v) is 3.65. The van der Waals surface area contributed by atoms with Crippen molar-refractivity contribution in [3.63, 3.8) is 0 Å². The van der Waals surface area contributed by atoms with Crippen molar-refractivity contribution >= 4 is 0 Å². The number of ether oxygens (including phenoxy) is 1. The van der Waals surface area contributed by atoms with Crippen LogP contribution in [0.25, 0.3) is 0 Å². The highest BCUT2D eigenvalue weighted by molar-refractivity contribution is 5.32. The Kier molecular flexibility index (Phi) is 3.86. The Morgan fingerprint density at radius 2 is 1.78 bits per heavy atom. The molecule has 18 heavy (non-hydrogen) atoms. The minimum Gasteiger partial charge on any atom is -0.436 e. The molecule has 2 N–H and O–H groups in total. The quantitative estimate of drug-likeness (QED) is 0.870. The van der Waals surface area contributed by atoms with E-state index in [2.05, 4.69) is 4.98 Å². The molecule has 0 bridgehead atoms. The predicted molar refractivity (Wildman–Crippen MR) is 62.6 cm³/mol. The predicted octanol–water partition coefficient (Wildman–Crippen LogP) is 2.00. The minimum atomic E-state index is -0.675. The lowest BCUT2D eigenvalue weighted by Crippen LogP contribution is -1.97. The van der Waals surface area contributed by atoms with Gasteiger partial charge in [0.25, 0.3) is 5.88 Å². The van der Waals surface area contributed by atoms with Gasteiger partial charge in [-0.25, -0.2) is 9.37 Å². The van der Waals surface area contributed by atoms with Crippen LogP contribution in [0.3, 0.4) is 0 Å². The van der Waals surface area contributed by atoms with Gasteiger partial charge in [-0.1, -0.05) is 12.1 Å². The summed E-state index contributed by atoms with van der Waals surface area (Å²) in [5.74, 6) is -0.446. The molecule has 0 saturated heterocycles. The molecule has 0 amide bonds. The third-order valence-electron chi connectivity index (χ3n) is 2.43. The Balaban J connectivity index is 2.22. The van der Waals surface area contributed by atoms with Crippen LogP contribution in [0.15, 0.2) is 36.5 Å². The average molecular weight is 249 g/mol. The minimum absolute atomic E-state index is 0.0626. The van der Waals surface area contributed by atoms with Crippen LogP contribution in [0.1, 0.15) is 11.1 Å². The van der Waals surface area contributed by atoms with E-state index in [1.807, 2.05) is 0 Å². The van der Waals surface area contributed by atoms with E-state index in [0.29, 0.717) is 5.75 Å². The highest BCUT2D eigenvalue weighted by Crippen LogP contribution is 2.24. The number of rotatable bonds is 4. The van der Waals surface area contributed by atoms with E-state index in [0.717, 1.165) is 5.56 Å². The van der Waals surface area contributed by atoms with Crippen molar-refractivity contribution in [3.8, 4) is 11.6 Å². The van der Waals surface area contributed by atoms with Crippen molar-refractivity contribution in [2.45, 2.75) is 13.2 Å². The Morgan fingerprint density at radius 1 is 1.06 bits per heavy atom. The van der Waals surface area contributed by atoms with Gasteiger partial charge in [0.15, 0.2) is 5.82 Å². The molecule has 0 fully saturated rings. The van der Waals surface area contributed by atoms with Crippen LogP contribution in [0, 0.1) is 5.82 Å². The van der Waals surface area contributed by atoms with Crippen LogP contribution in [-0.4, -0.2) is 15.2 Å². The molecule has 0 unspecified atom stereocenters. The lowest BCUT2D eigenvalue weighted by Gasteiger charge is -2.07. The van der Waals surface area contributed by atoms with Crippen molar-refractivity contribution in [1.29, 1.82) is 0 Å². The van der Waals surface area contributed by atoms with Gasteiger partial charge in [-0.2, -0.15) is 0 Å². The molecule has 1 aromatic carbocycles. The standard InChI is InChI=1S/C13H12FNO3/c14-12-10(8-17)5-6-15-13(12)18-11-3-1-9(7-16)2-4-11/h1-6,16-17H,7-8H2. The van der Waals surface area contributed by atoms with E-state index in [-0.39, 0.29) is 18.1 Å². The number of hydrogen-bond donors (Lipinski definition) is 2. The van der Waals surface area contributed by atoms with Gasteiger partial charge in [0.2, 0.25) is 0 Å². The molecule has 0 atom stereocenters. The monoisotopic (exact) mass is 249 g/mol. The summed E-state index contributed by atoms with van der Waals surface area (Å²) in [7, 11) is 0. The van der Waals surface area contributed by atoms with Gasteiger partial charge in [-0.15, -0.1) is 0 Å². The molecule has 1 aromatic heterocycles. The van der Waals surface area contributed by atoms with E-state index in [9.17, 15) is 4.39 Å². The molecule has 0 spiro atoms. The average Bonchev–Trinajstić information content (AvgIpc) is 2.42. The molecular formula is C13H12FNO3. The Hall–Kier alpha value is -1.98. The summed E-state index contributed by atoms with van der Waals surface area (Å²) in [5, 5.41) is 17.8. The first kappa shape index (κ1) is 12.5. The van der Waals surface area contributed by atoms with Crippen LogP contribution in [0.2, 0.25) is 0 Å². The second-order valence-electron chi connectivity index (χ2n) is 3.65. The molecule has 0 saturated carbocycles. The molecule has 2 rings (SSSR count). The third-order valence-corrected chi connectivity index (χ3v) is 2.43. The Labute approximate surface area is 103 Å². The fraction of sp³-hybridized carbons (Fsp3) is 0.154. The number of hydrogen-bond acceptors (Lipinski definition) is 4. The fourth-order valence-corrected chi connectivity index (χ4v) is 1.43. The molecule has 0 radical (unpaired) electrons. The van der Waals surface area contributed by atoms with Gasteiger partial charge < -0.3 is 14.9 Å². The van der Waals surface area contributed by atoms with E-state index >= 15 is 0 Å². The highest BCUT2D eigenvalue weighted by atomic mass is 19.1. The van der Waals surface area contributed by atoms with Gasteiger partial charge in [0.05, 0.1) is 13.2 Å². The molecular weight excluding hydrogens is 237 g/mol. The number of aliphatic hydroxyl groups excluding tert-OH is 2. The van der Waals surface area contributed by atoms with Crippen molar-refractivity contribution in [2.75, 3.05) is 0 Å². The molecule has 0 aliphatic heterocycles. The number of benzene rings is 1. The number of aliphatic hydroxyl groups is 2. The molecule has 4 nitrogen and oxygen atoms in total. The van der Waals surface area contributed by atoms with Gasteiger partial charge in [-0.3, -0.25) is 0 Å². The molecule has 1 heterocycles. The van der Waals surface area contributed by atoms with Crippen LogP contribution in [-0.2, 0) is 13.2 Å². The van der Waals surface area contributed by atoms with E-state index in [4.69, 9.17) is 14.9 Å². The van der Waals surface area contributed by atoms with Crippen LogP contribution < -0.4 is 4.74 Å². The van der Waals surface area contributed by atoms with E-state index < -0.39 is 12.4 Å². The van der Waals surface area contributed by atoms with Gasteiger partial charge in [0.1, 0.15) is 5.75 Å². The smallest absolute Gasteiger partial charge is 0.256 e. The molecule has 0 aliphatic rings. The maximum absolute atomic E-state index is 13.7. The fourth-order valence-electron chi connectivity index (χ4n) is 1.43. The summed E-state index contributed by atoms with van der Waals surface area (Å²) in [6.45, 7) is -0.471. The van der Waals surface area contributed by atoms with Gasteiger partial charge in [0, 0.05) is 11.8 Å². The van der Waals surface area contributed by atoms with Crippen molar-refractivity contribution in [3.05, 3.63) is 53.5 Å². The third kappa shape index (κ3) is 2.64. The summed E-state index contributed by atoms with van der Waals surface area (Å²) in [5.41, 5.74) is 0.867. The topological polar surface area (TPSA) is 62.6 Å². The summed E-state index contributed by atoms with van der Waals surface area (Å²) in [6, 6.07) is 7.94. The van der Waals surface area contributed by atoms with E-state index in [1.54, 1.807) is 24.3 Å². The SMILES string of the molecule is OCc1ccc(Oc2nccc(CO)c2F)cc1. The van der Waals surface area contributed by atoms with Crippen molar-refractivity contribution in [2.24, 2.45) is 0 Å². The summed E-state index contributed by atoms with van der Waals surface area (Å²) >= 11 is 0. The van der Waals surface area contributed by atoms with Crippen LogP contribution >= 0.6 is 0 Å². The van der Waals surface area contributed by atoms with Crippen molar-refractivity contribution in [1.82, 2.24) is 4.98 Å².